The van der Waals surface area contributed by atoms with E-state index in [9.17, 15) is 0 Å². The van der Waals surface area contributed by atoms with Gasteiger partial charge in [0, 0.05) is 12.5 Å². The van der Waals surface area contributed by atoms with Crippen LogP contribution in [0.3, 0.4) is 0 Å². The lowest BCUT2D eigenvalue weighted by Gasteiger charge is -2.22. The highest BCUT2D eigenvalue weighted by atomic mass is 14.9. The second-order valence-corrected chi connectivity index (χ2v) is 4.89. The van der Waals surface area contributed by atoms with Crippen LogP contribution in [0.25, 0.3) is 11.0 Å². The summed E-state index contributed by atoms with van der Waals surface area (Å²) in [5, 5.41) is 3.58. The first-order valence-corrected chi connectivity index (χ1v) is 6.59. The van der Waals surface area contributed by atoms with Crippen molar-refractivity contribution < 1.29 is 0 Å². The van der Waals surface area contributed by atoms with Gasteiger partial charge in [0.05, 0.1) is 11.0 Å². The number of nitrogens with one attached hydrogen (secondary N) is 2. The smallest absolute Gasteiger partial charge is 0.107 e. The van der Waals surface area contributed by atoms with Gasteiger partial charge in [-0.1, -0.05) is 18.6 Å². The molecule has 0 radical (unpaired) electrons. The van der Waals surface area contributed by atoms with E-state index < -0.39 is 0 Å². The summed E-state index contributed by atoms with van der Waals surface area (Å²) in [5.41, 5.74) is 2.23. The Hall–Kier alpha value is -1.35. The molecule has 1 atom stereocenters. The number of imidazole rings is 1. The number of hydrogen-bond donors (Lipinski definition) is 2. The number of aryl methyl sites for hydroxylation is 1. The highest BCUT2D eigenvalue weighted by molar-refractivity contribution is 5.74. The molecule has 1 unspecified atom stereocenters. The van der Waals surface area contributed by atoms with Crippen molar-refractivity contribution >= 4 is 11.0 Å². The summed E-state index contributed by atoms with van der Waals surface area (Å²) in [4.78, 5) is 8.01. The fraction of sp³-hybridized carbons (Fsp3) is 0.500. The van der Waals surface area contributed by atoms with Crippen molar-refractivity contribution in [3.63, 3.8) is 0 Å². The molecule has 0 saturated carbocycles. The molecule has 1 saturated heterocycles. The van der Waals surface area contributed by atoms with Crippen molar-refractivity contribution in [3.8, 4) is 0 Å². The summed E-state index contributed by atoms with van der Waals surface area (Å²) in [5.74, 6) is 1.12. The van der Waals surface area contributed by atoms with E-state index in [0.717, 1.165) is 23.3 Å². The van der Waals surface area contributed by atoms with E-state index in [-0.39, 0.29) is 0 Å². The van der Waals surface area contributed by atoms with Crippen LogP contribution in [0.2, 0.25) is 0 Å². The highest BCUT2D eigenvalue weighted by Crippen LogP contribution is 2.15. The molecule has 1 aromatic heterocycles. The first-order valence-electron chi connectivity index (χ1n) is 6.59. The summed E-state index contributed by atoms with van der Waals surface area (Å²) < 4.78 is 0. The molecule has 2 N–H and O–H groups in total. The van der Waals surface area contributed by atoms with E-state index in [0.29, 0.717) is 6.04 Å². The number of benzene rings is 1. The lowest BCUT2D eigenvalue weighted by atomic mass is 10.0. The molecule has 1 aliphatic heterocycles. The monoisotopic (exact) mass is 229 g/mol. The molecule has 2 heterocycles. The van der Waals surface area contributed by atoms with Gasteiger partial charge in [-0.05, 0) is 37.9 Å². The molecule has 90 valence electrons. The van der Waals surface area contributed by atoms with E-state index in [1.807, 2.05) is 12.1 Å². The minimum atomic E-state index is 0.692. The van der Waals surface area contributed by atoms with Crippen molar-refractivity contribution in [1.82, 2.24) is 15.3 Å². The third-order valence-electron chi connectivity index (χ3n) is 3.58. The largest absolute Gasteiger partial charge is 0.342 e. The Kier molecular flexibility index (Phi) is 3.10. The van der Waals surface area contributed by atoms with Gasteiger partial charge < -0.3 is 10.3 Å². The van der Waals surface area contributed by atoms with Crippen molar-refractivity contribution in [1.29, 1.82) is 0 Å². The Balaban J connectivity index is 1.64. The van der Waals surface area contributed by atoms with Gasteiger partial charge >= 0.3 is 0 Å². The first kappa shape index (κ1) is 10.8. The van der Waals surface area contributed by atoms with Crippen molar-refractivity contribution in [3.05, 3.63) is 30.1 Å². The minimum absolute atomic E-state index is 0.692. The quantitative estimate of drug-likeness (QED) is 0.849. The zero-order valence-electron chi connectivity index (χ0n) is 10.1. The average molecular weight is 229 g/mol. The van der Waals surface area contributed by atoms with Gasteiger partial charge in [0.2, 0.25) is 0 Å². The first-order chi connectivity index (χ1) is 8.42. The lowest BCUT2D eigenvalue weighted by Crippen LogP contribution is -2.34. The van der Waals surface area contributed by atoms with Crippen LogP contribution in [0, 0.1) is 0 Å². The number of fused-ring (bicyclic) bond motifs is 1. The van der Waals surface area contributed by atoms with Crippen molar-refractivity contribution in [2.45, 2.75) is 38.1 Å². The molecule has 1 fully saturated rings. The van der Waals surface area contributed by atoms with Crippen molar-refractivity contribution in [2.24, 2.45) is 0 Å². The molecule has 0 amide bonds. The number of nitrogens with zero attached hydrogens (tertiary/aromatic N) is 1. The fourth-order valence-corrected chi connectivity index (χ4v) is 2.61. The molecule has 3 nitrogen and oxygen atoms in total. The summed E-state index contributed by atoms with van der Waals surface area (Å²) in [7, 11) is 0. The molecule has 0 bridgehead atoms. The number of hydrogen-bond acceptors (Lipinski definition) is 2. The maximum Gasteiger partial charge on any atom is 0.107 e. The average Bonchev–Trinajstić information content (AvgIpc) is 2.80. The predicted octanol–water partition coefficient (Wildman–Crippen LogP) is 2.64. The zero-order chi connectivity index (χ0) is 11.5. The summed E-state index contributed by atoms with van der Waals surface area (Å²) in [6.45, 7) is 1.19. The SMILES string of the molecule is c1ccc2[nH]c(CCC3CCCCN3)nc2c1. The van der Waals surface area contributed by atoms with Crippen LogP contribution in [-0.2, 0) is 6.42 Å². The Morgan fingerprint density at radius 2 is 2.18 bits per heavy atom. The van der Waals surface area contributed by atoms with Gasteiger partial charge in [-0.3, -0.25) is 0 Å². The molecular weight excluding hydrogens is 210 g/mol. The van der Waals surface area contributed by atoms with Gasteiger partial charge in [-0.2, -0.15) is 0 Å². The molecule has 0 aliphatic carbocycles. The summed E-state index contributed by atoms with van der Waals surface area (Å²) in [6.07, 6.45) is 6.27. The fourth-order valence-electron chi connectivity index (χ4n) is 2.61. The number of para-hydroxylation sites is 2. The van der Waals surface area contributed by atoms with Crippen LogP contribution in [0.4, 0.5) is 0 Å². The molecular formula is C14H19N3. The third-order valence-corrected chi connectivity index (χ3v) is 3.58. The number of rotatable bonds is 3. The van der Waals surface area contributed by atoms with Crippen molar-refractivity contribution in [2.75, 3.05) is 6.54 Å². The van der Waals surface area contributed by atoms with Crippen LogP contribution in [0.1, 0.15) is 31.5 Å². The molecule has 3 heteroatoms. The number of piperidine rings is 1. The Labute approximate surface area is 102 Å². The Morgan fingerprint density at radius 3 is 3.00 bits per heavy atom. The van der Waals surface area contributed by atoms with E-state index >= 15 is 0 Å². The normalized spacial score (nSPS) is 20.8. The summed E-state index contributed by atoms with van der Waals surface area (Å²) in [6, 6.07) is 8.93. The molecule has 2 aromatic rings. The Bertz CT molecular complexity index is 450. The maximum absolute atomic E-state index is 4.61. The molecule has 0 spiro atoms. The second-order valence-electron chi connectivity index (χ2n) is 4.89. The van der Waals surface area contributed by atoms with E-state index in [1.165, 1.54) is 32.2 Å². The van der Waals surface area contributed by atoms with Crippen LogP contribution < -0.4 is 5.32 Å². The number of aromatic nitrogens is 2. The molecule has 1 aromatic carbocycles. The zero-order valence-corrected chi connectivity index (χ0v) is 10.1. The minimum Gasteiger partial charge on any atom is -0.342 e. The highest BCUT2D eigenvalue weighted by Gasteiger charge is 2.13. The maximum atomic E-state index is 4.61. The third kappa shape index (κ3) is 2.50. The van der Waals surface area contributed by atoms with Crippen LogP contribution in [0.15, 0.2) is 24.3 Å². The molecule has 17 heavy (non-hydrogen) atoms. The molecule has 3 rings (SSSR count). The topological polar surface area (TPSA) is 40.7 Å². The predicted molar refractivity (Wildman–Crippen MR) is 70.1 cm³/mol. The summed E-state index contributed by atoms with van der Waals surface area (Å²) >= 11 is 0. The van der Waals surface area contributed by atoms with Crippen LogP contribution in [0.5, 0.6) is 0 Å². The van der Waals surface area contributed by atoms with Gasteiger partial charge in [0.25, 0.3) is 0 Å². The second kappa shape index (κ2) is 4.88. The van der Waals surface area contributed by atoms with E-state index in [2.05, 4.69) is 27.4 Å². The van der Waals surface area contributed by atoms with Gasteiger partial charge in [-0.25, -0.2) is 4.98 Å². The number of H-pyrrole nitrogens is 1. The molecule has 1 aliphatic rings. The van der Waals surface area contributed by atoms with Gasteiger partial charge in [0.15, 0.2) is 0 Å². The Morgan fingerprint density at radius 1 is 1.24 bits per heavy atom. The number of aromatic amines is 1. The van der Waals surface area contributed by atoms with Crippen LogP contribution in [-0.4, -0.2) is 22.6 Å². The van der Waals surface area contributed by atoms with Gasteiger partial charge in [-0.15, -0.1) is 0 Å². The lowest BCUT2D eigenvalue weighted by molar-refractivity contribution is 0.381. The van der Waals surface area contributed by atoms with E-state index in [4.69, 9.17) is 0 Å². The van der Waals surface area contributed by atoms with Crippen LogP contribution >= 0.6 is 0 Å². The van der Waals surface area contributed by atoms with Gasteiger partial charge in [0.1, 0.15) is 5.82 Å². The van der Waals surface area contributed by atoms with E-state index in [1.54, 1.807) is 0 Å². The standard InChI is InChI=1S/C14H19N3/c1-2-7-13-12(6-1)16-14(17-13)9-8-11-5-3-4-10-15-11/h1-2,6-7,11,15H,3-5,8-10H2,(H,16,17).